The zero-order valence-corrected chi connectivity index (χ0v) is 12.1. The van der Waals surface area contributed by atoms with E-state index in [2.05, 4.69) is 0 Å². The van der Waals surface area contributed by atoms with Gasteiger partial charge in [0.15, 0.2) is 5.78 Å². The van der Waals surface area contributed by atoms with Crippen molar-refractivity contribution in [2.75, 3.05) is 0 Å². The third kappa shape index (κ3) is 7.81. The van der Waals surface area contributed by atoms with E-state index in [1.54, 1.807) is 0 Å². The molecule has 0 aliphatic heterocycles. The second kappa shape index (κ2) is 10.8. The second-order valence-corrected chi connectivity index (χ2v) is 5.22. The number of Topliss-reactive ketones (excluding diaryl/α,β-unsaturated/α-hetero) is 1. The van der Waals surface area contributed by atoms with Crippen LogP contribution in [0.25, 0.3) is 0 Å². The minimum atomic E-state index is 0.279. The lowest BCUT2D eigenvalue weighted by Crippen LogP contribution is -1.98. The van der Waals surface area contributed by atoms with Crippen molar-refractivity contribution in [3.05, 3.63) is 35.9 Å². The van der Waals surface area contributed by atoms with Crippen molar-refractivity contribution in [1.29, 1.82) is 0 Å². The van der Waals surface area contributed by atoms with Crippen LogP contribution in [-0.4, -0.2) is 5.78 Å². The molecule has 0 spiro atoms. The van der Waals surface area contributed by atoms with Gasteiger partial charge in [0.2, 0.25) is 0 Å². The van der Waals surface area contributed by atoms with Crippen LogP contribution in [0, 0.1) is 0 Å². The van der Waals surface area contributed by atoms with Gasteiger partial charge in [-0.3, -0.25) is 4.79 Å². The average Bonchev–Trinajstić information content (AvgIpc) is 2.50. The van der Waals surface area contributed by atoms with E-state index in [1.165, 1.54) is 44.9 Å². The molecule has 1 nitrogen and oxygen atoms in total. The molecule has 1 heteroatoms. The molecule has 0 aromatic heterocycles. The molecule has 0 radical (unpaired) electrons. The van der Waals surface area contributed by atoms with Crippen LogP contribution >= 0.6 is 0 Å². The van der Waals surface area contributed by atoms with Crippen molar-refractivity contribution in [3.8, 4) is 0 Å². The summed E-state index contributed by atoms with van der Waals surface area (Å²) < 4.78 is 7.06. The van der Waals surface area contributed by atoms with Crippen molar-refractivity contribution in [2.24, 2.45) is 0 Å². The van der Waals surface area contributed by atoms with Crippen LogP contribution in [0.3, 0.4) is 0 Å². The van der Waals surface area contributed by atoms with Crippen LogP contribution in [0.1, 0.15) is 82.8 Å². The first-order valence-corrected chi connectivity index (χ1v) is 7.72. The van der Waals surface area contributed by atoms with E-state index >= 15 is 0 Å². The third-order valence-corrected chi connectivity index (χ3v) is 3.50. The molecule has 1 aromatic rings. The maximum atomic E-state index is 11.9. The summed E-state index contributed by atoms with van der Waals surface area (Å²) >= 11 is 0. The van der Waals surface area contributed by atoms with E-state index in [1.807, 2.05) is 30.3 Å². The predicted octanol–water partition coefficient (Wildman–Crippen LogP) is 5.79. The molecule has 1 aromatic carbocycles. The zero-order chi connectivity index (χ0) is 14.5. The van der Waals surface area contributed by atoms with E-state index in [9.17, 15) is 4.79 Å². The summed E-state index contributed by atoms with van der Waals surface area (Å²) in [5, 5.41) is 0. The summed E-state index contributed by atoms with van der Waals surface area (Å²) in [4.78, 5) is 11.9. The Morgan fingerprint density at radius 2 is 1.47 bits per heavy atom. The van der Waals surface area contributed by atoms with Crippen molar-refractivity contribution >= 4 is 5.78 Å². The summed E-state index contributed by atoms with van der Waals surface area (Å²) in [6, 6.07) is 9.60. The summed E-state index contributed by atoms with van der Waals surface area (Å²) in [7, 11) is 0. The normalized spacial score (nSPS) is 11.3. The van der Waals surface area contributed by atoms with Gasteiger partial charge in [0.05, 0.1) is 0 Å². The van der Waals surface area contributed by atoms with Crippen molar-refractivity contribution in [3.63, 3.8) is 0 Å². The highest BCUT2D eigenvalue weighted by atomic mass is 16.1. The smallest absolute Gasteiger partial charge is 0.162 e. The maximum absolute atomic E-state index is 11.9. The fraction of sp³-hybridized carbons (Fsp3) is 0.611. The van der Waals surface area contributed by atoms with Gasteiger partial charge in [0, 0.05) is 13.4 Å². The lowest BCUT2D eigenvalue weighted by molar-refractivity contribution is 0.0979. The van der Waals surface area contributed by atoms with Gasteiger partial charge in [-0.05, 0) is 6.42 Å². The molecule has 19 heavy (non-hydrogen) atoms. The maximum Gasteiger partial charge on any atom is 0.162 e. The monoisotopic (exact) mass is 261 g/mol. The van der Waals surface area contributed by atoms with Crippen LogP contribution in [0.4, 0.5) is 0 Å². The topological polar surface area (TPSA) is 17.1 Å². The Bertz CT molecular complexity index is 348. The molecule has 0 bridgehead atoms. The highest BCUT2D eigenvalue weighted by Crippen LogP contribution is 2.12. The second-order valence-electron chi connectivity index (χ2n) is 5.22. The van der Waals surface area contributed by atoms with Gasteiger partial charge >= 0.3 is 0 Å². The summed E-state index contributed by atoms with van der Waals surface area (Å²) in [6.45, 7) is 0.579. The molecule has 0 saturated carbocycles. The van der Waals surface area contributed by atoms with E-state index in [0.29, 0.717) is 13.3 Å². The Hall–Kier alpha value is -1.11. The van der Waals surface area contributed by atoms with Crippen LogP contribution in [0.15, 0.2) is 30.3 Å². The molecule has 0 atom stereocenters. The van der Waals surface area contributed by atoms with E-state index in [4.69, 9.17) is 1.37 Å². The SMILES string of the molecule is [2H]CCCCCCCCCCCC(=O)c1ccccc1. The zero-order valence-electron chi connectivity index (χ0n) is 13.1. The molecular weight excluding hydrogens is 232 g/mol. The Morgan fingerprint density at radius 1 is 0.895 bits per heavy atom. The van der Waals surface area contributed by atoms with Crippen molar-refractivity contribution < 1.29 is 6.17 Å². The molecule has 0 aliphatic carbocycles. The average molecular weight is 261 g/mol. The number of ketones is 1. The molecule has 0 N–H and O–H groups in total. The molecule has 0 fully saturated rings. The van der Waals surface area contributed by atoms with Crippen LogP contribution < -0.4 is 0 Å². The van der Waals surface area contributed by atoms with Crippen molar-refractivity contribution in [2.45, 2.75) is 71.1 Å². The molecule has 0 amide bonds. The van der Waals surface area contributed by atoms with Crippen LogP contribution in [0.2, 0.25) is 0 Å². The fourth-order valence-electron chi connectivity index (χ4n) is 2.29. The van der Waals surface area contributed by atoms with Gasteiger partial charge in [0.1, 0.15) is 0 Å². The van der Waals surface area contributed by atoms with Crippen LogP contribution in [0.5, 0.6) is 0 Å². The van der Waals surface area contributed by atoms with Gasteiger partial charge < -0.3 is 0 Å². The first kappa shape index (κ1) is 14.3. The van der Waals surface area contributed by atoms with Gasteiger partial charge in [-0.2, -0.15) is 0 Å². The Morgan fingerprint density at radius 3 is 2.11 bits per heavy atom. The number of benzene rings is 1. The number of rotatable bonds is 11. The molecule has 106 valence electrons. The fourth-order valence-corrected chi connectivity index (χ4v) is 2.29. The summed E-state index contributed by atoms with van der Waals surface area (Å²) in [5.41, 5.74) is 0.849. The first-order chi connectivity index (χ1) is 9.84. The quantitative estimate of drug-likeness (QED) is 0.364. The number of hydrogen-bond acceptors (Lipinski definition) is 1. The molecule has 0 unspecified atom stereocenters. The summed E-state index contributed by atoms with van der Waals surface area (Å²) in [5.74, 6) is 0.279. The van der Waals surface area contributed by atoms with E-state index in [0.717, 1.165) is 18.4 Å². The number of unbranched alkanes of at least 4 members (excludes halogenated alkanes) is 8. The van der Waals surface area contributed by atoms with E-state index in [-0.39, 0.29) is 5.78 Å². The van der Waals surface area contributed by atoms with Crippen LogP contribution in [-0.2, 0) is 0 Å². The molecule has 0 saturated heterocycles. The highest BCUT2D eigenvalue weighted by molar-refractivity contribution is 5.95. The number of carbonyl (C=O) groups excluding carboxylic acids is 1. The minimum Gasteiger partial charge on any atom is -0.294 e. The van der Waals surface area contributed by atoms with Gasteiger partial charge in [0.25, 0.3) is 0 Å². The van der Waals surface area contributed by atoms with E-state index < -0.39 is 0 Å². The lowest BCUT2D eigenvalue weighted by atomic mass is 10.0. The van der Waals surface area contributed by atoms with Crippen molar-refractivity contribution in [1.82, 2.24) is 0 Å². The molecular formula is C18H28O. The molecule has 0 aliphatic rings. The highest BCUT2D eigenvalue weighted by Gasteiger charge is 2.03. The van der Waals surface area contributed by atoms with Gasteiger partial charge in [-0.15, -0.1) is 0 Å². The first-order valence-electron chi connectivity index (χ1n) is 8.43. The largest absolute Gasteiger partial charge is 0.294 e. The minimum absolute atomic E-state index is 0.279. The number of carbonyl (C=O) groups is 1. The number of hydrogen-bond donors (Lipinski definition) is 0. The molecule has 0 heterocycles. The molecule has 1 rings (SSSR count). The Labute approximate surface area is 119 Å². The Balaban J connectivity index is 1.91. The summed E-state index contributed by atoms with van der Waals surface area (Å²) in [6.07, 6.45) is 11.6. The van der Waals surface area contributed by atoms with Gasteiger partial charge in [-0.25, -0.2) is 0 Å². The standard InChI is InChI=1S/C18H28O/c1-2-3-4-5-6-7-8-9-13-16-18(19)17-14-11-10-12-15-17/h10-12,14-15H,2-9,13,16H2,1H3/i1D. The predicted molar refractivity (Wildman–Crippen MR) is 82.6 cm³/mol. The third-order valence-electron chi connectivity index (χ3n) is 3.50. The van der Waals surface area contributed by atoms with Gasteiger partial charge in [-0.1, -0.05) is 88.6 Å². The Kier molecular flexibility index (Phi) is 8.11. The lowest BCUT2D eigenvalue weighted by Gasteiger charge is -2.02.